The van der Waals surface area contributed by atoms with Crippen molar-refractivity contribution < 1.29 is 0 Å². The van der Waals surface area contributed by atoms with E-state index in [9.17, 15) is 0 Å². The summed E-state index contributed by atoms with van der Waals surface area (Å²) in [5.74, 6) is 0. The van der Waals surface area contributed by atoms with E-state index >= 15 is 0 Å². The number of hydrogen-bond donors (Lipinski definition) is 2. The summed E-state index contributed by atoms with van der Waals surface area (Å²) in [5.41, 5.74) is 8.16. The highest BCUT2D eigenvalue weighted by Gasteiger charge is 2.16. The Balaban J connectivity index is 1.19. The number of piperazine rings is 1. The third kappa shape index (κ3) is 5.62. The number of rotatable bonds is 8. The molecule has 1 aromatic carbocycles. The number of hydrogen-bond acceptors (Lipinski definition) is 7. The molecule has 38 heavy (non-hydrogen) atoms. The maximum absolute atomic E-state index is 4.59. The topological polar surface area (TPSA) is 76.2 Å². The lowest BCUT2D eigenvalue weighted by atomic mass is 10.0. The van der Waals surface area contributed by atoms with E-state index in [-0.39, 0.29) is 0 Å². The molecule has 0 atom stereocenters. The van der Waals surface area contributed by atoms with Crippen LogP contribution in [0.5, 0.6) is 0 Å². The number of fused-ring (bicyclic) bond motifs is 1. The Kier molecular flexibility index (Phi) is 7.18. The van der Waals surface area contributed by atoms with Gasteiger partial charge >= 0.3 is 0 Å². The van der Waals surface area contributed by atoms with Crippen LogP contribution < -0.4 is 5.32 Å². The summed E-state index contributed by atoms with van der Waals surface area (Å²) in [6.07, 6.45) is 10.3. The first kappa shape index (κ1) is 24.7. The molecule has 0 unspecified atom stereocenters. The first-order valence-electron chi connectivity index (χ1n) is 13.6. The minimum atomic E-state index is 0.746. The minimum Gasteiger partial charge on any atom is -0.353 e. The molecule has 4 aromatic rings. The fourth-order valence-corrected chi connectivity index (χ4v) is 5.49. The molecule has 8 heteroatoms. The summed E-state index contributed by atoms with van der Waals surface area (Å²) in [7, 11) is 2.19. The number of nitrogens with zero attached hydrogens (tertiary/aromatic N) is 6. The third-order valence-corrected chi connectivity index (χ3v) is 7.67. The maximum Gasteiger partial charge on any atom is 0.116 e. The zero-order valence-electron chi connectivity index (χ0n) is 22.2. The molecule has 2 N–H and O–H groups in total. The number of aromatic nitrogens is 4. The minimum absolute atomic E-state index is 0.746. The summed E-state index contributed by atoms with van der Waals surface area (Å²) in [6.45, 7) is 12.9. The number of aromatic amines is 1. The van der Waals surface area contributed by atoms with Crippen molar-refractivity contribution >= 4 is 22.3 Å². The Hall–Kier alpha value is -3.59. The van der Waals surface area contributed by atoms with E-state index in [0.29, 0.717) is 0 Å². The number of likely N-dealkylation sites (tertiary alicyclic amines) is 1. The van der Waals surface area contributed by atoms with Crippen molar-refractivity contribution in [3.05, 3.63) is 78.5 Å². The number of anilines is 1. The van der Waals surface area contributed by atoms with Gasteiger partial charge in [-0.15, -0.1) is 0 Å². The van der Waals surface area contributed by atoms with Crippen molar-refractivity contribution in [2.45, 2.75) is 25.9 Å². The molecular formula is C30H36N8. The zero-order valence-corrected chi connectivity index (χ0v) is 22.2. The average Bonchev–Trinajstić information content (AvgIpc) is 3.60. The summed E-state index contributed by atoms with van der Waals surface area (Å²) >= 11 is 0. The molecule has 196 valence electrons. The van der Waals surface area contributed by atoms with Gasteiger partial charge in [0.2, 0.25) is 0 Å². The molecule has 2 aliphatic heterocycles. The van der Waals surface area contributed by atoms with Gasteiger partial charge in [-0.05, 0) is 73.9 Å². The van der Waals surface area contributed by atoms with Crippen molar-refractivity contribution in [2.75, 3.05) is 51.6 Å². The highest BCUT2D eigenvalue weighted by molar-refractivity contribution is 5.95. The summed E-state index contributed by atoms with van der Waals surface area (Å²) in [5, 5.41) is 12.2. The quantitative estimate of drug-likeness (QED) is 0.364. The van der Waals surface area contributed by atoms with Gasteiger partial charge in [0.05, 0.1) is 23.1 Å². The summed E-state index contributed by atoms with van der Waals surface area (Å²) < 4.78 is 0. The average molecular weight is 509 g/mol. The molecule has 6 rings (SSSR count). The second-order valence-electron chi connectivity index (χ2n) is 10.7. The highest BCUT2D eigenvalue weighted by Crippen LogP contribution is 2.29. The van der Waals surface area contributed by atoms with Crippen LogP contribution in [0.1, 0.15) is 29.7 Å². The second-order valence-corrected chi connectivity index (χ2v) is 10.7. The number of likely N-dealkylation sites (N-methyl/N-ethyl adjacent to an activating group) is 1. The van der Waals surface area contributed by atoms with E-state index in [4.69, 9.17) is 0 Å². The van der Waals surface area contributed by atoms with Crippen molar-refractivity contribution in [1.82, 2.24) is 34.9 Å². The molecule has 2 aliphatic rings. The monoisotopic (exact) mass is 508 g/mol. The smallest absolute Gasteiger partial charge is 0.116 e. The normalized spacial score (nSPS) is 17.3. The van der Waals surface area contributed by atoms with Crippen LogP contribution in [0.3, 0.4) is 0 Å². The molecule has 5 heterocycles. The van der Waals surface area contributed by atoms with E-state index in [1.807, 2.05) is 24.8 Å². The first-order valence-corrected chi connectivity index (χ1v) is 13.6. The van der Waals surface area contributed by atoms with Crippen LogP contribution in [0, 0.1) is 0 Å². The van der Waals surface area contributed by atoms with Crippen LogP contribution >= 0.6 is 0 Å². The van der Waals surface area contributed by atoms with Gasteiger partial charge in [-0.1, -0.05) is 12.6 Å². The van der Waals surface area contributed by atoms with Gasteiger partial charge in [-0.25, -0.2) is 0 Å². The van der Waals surface area contributed by atoms with E-state index < -0.39 is 0 Å². The van der Waals surface area contributed by atoms with Gasteiger partial charge in [0.25, 0.3) is 0 Å². The van der Waals surface area contributed by atoms with Gasteiger partial charge in [0, 0.05) is 68.8 Å². The molecular weight excluding hydrogens is 472 g/mol. The van der Waals surface area contributed by atoms with Gasteiger partial charge in [0.15, 0.2) is 0 Å². The number of pyridine rings is 2. The Labute approximate surface area is 224 Å². The van der Waals surface area contributed by atoms with Crippen molar-refractivity contribution in [2.24, 2.45) is 0 Å². The number of nitrogens with one attached hydrogen (secondary N) is 2. The molecule has 0 spiro atoms. The van der Waals surface area contributed by atoms with Crippen LogP contribution in [-0.4, -0.2) is 81.2 Å². The number of H-pyrrole nitrogens is 1. The molecule has 0 radical (unpaired) electrons. The molecule has 0 amide bonds. The Morgan fingerprint density at radius 1 is 0.842 bits per heavy atom. The Morgan fingerprint density at radius 3 is 2.34 bits per heavy atom. The SMILES string of the molecule is C=C(Nc1cncc(CN2CCCC2)c1)c1n[nH]c2ccc(-c3cncc(CN4CCN(C)CC4)c3)cc12. The van der Waals surface area contributed by atoms with Crippen molar-refractivity contribution in [1.29, 1.82) is 0 Å². The van der Waals surface area contributed by atoms with E-state index in [2.05, 4.69) is 84.1 Å². The van der Waals surface area contributed by atoms with Crippen LogP contribution in [0.25, 0.3) is 27.7 Å². The Morgan fingerprint density at radius 2 is 1.55 bits per heavy atom. The molecule has 0 saturated carbocycles. The molecule has 3 aromatic heterocycles. The number of benzene rings is 1. The van der Waals surface area contributed by atoms with Gasteiger partial charge in [-0.2, -0.15) is 5.10 Å². The highest BCUT2D eigenvalue weighted by atomic mass is 15.2. The second kappa shape index (κ2) is 11.0. The molecule has 0 aliphatic carbocycles. The van der Waals surface area contributed by atoms with E-state index in [0.717, 1.165) is 78.4 Å². The molecule has 2 fully saturated rings. The molecule has 0 bridgehead atoms. The van der Waals surface area contributed by atoms with Gasteiger partial charge in [-0.3, -0.25) is 24.9 Å². The van der Waals surface area contributed by atoms with E-state index in [1.54, 1.807) is 0 Å². The largest absolute Gasteiger partial charge is 0.353 e. The lowest BCUT2D eigenvalue weighted by molar-refractivity contribution is 0.148. The lowest BCUT2D eigenvalue weighted by Gasteiger charge is -2.32. The third-order valence-electron chi connectivity index (χ3n) is 7.67. The summed E-state index contributed by atoms with van der Waals surface area (Å²) in [6, 6.07) is 10.8. The van der Waals surface area contributed by atoms with Crippen LogP contribution in [0.2, 0.25) is 0 Å². The standard InChI is InChI=1S/C30H36N8/c1-22(33-27-14-24(17-32-19-27)21-37-7-3-4-8-37)30-28-15-25(5-6-29(28)34-35-30)26-13-23(16-31-18-26)20-38-11-9-36(2)10-12-38/h5-6,13-19,33H,1,3-4,7-12,20-21H2,2H3,(H,34,35). The molecule has 8 nitrogen and oxygen atoms in total. The van der Waals surface area contributed by atoms with Gasteiger partial charge in [0.1, 0.15) is 5.69 Å². The first-order chi connectivity index (χ1) is 18.6. The maximum atomic E-state index is 4.59. The van der Waals surface area contributed by atoms with E-state index in [1.165, 1.54) is 37.1 Å². The van der Waals surface area contributed by atoms with Crippen LogP contribution in [0.15, 0.2) is 61.7 Å². The van der Waals surface area contributed by atoms with Crippen LogP contribution in [-0.2, 0) is 13.1 Å². The van der Waals surface area contributed by atoms with Gasteiger partial charge < -0.3 is 10.2 Å². The fourth-order valence-electron chi connectivity index (χ4n) is 5.49. The fraction of sp³-hybridized carbons (Fsp3) is 0.367. The Bertz CT molecular complexity index is 1410. The predicted octanol–water partition coefficient (Wildman–Crippen LogP) is 4.45. The lowest BCUT2D eigenvalue weighted by Crippen LogP contribution is -2.43. The zero-order chi connectivity index (χ0) is 25.9. The van der Waals surface area contributed by atoms with Crippen molar-refractivity contribution in [3.63, 3.8) is 0 Å². The molecule has 2 saturated heterocycles. The predicted molar refractivity (Wildman–Crippen MR) is 154 cm³/mol. The van der Waals surface area contributed by atoms with Crippen molar-refractivity contribution in [3.8, 4) is 11.1 Å². The van der Waals surface area contributed by atoms with Crippen LogP contribution in [0.4, 0.5) is 5.69 Å². The summed E-state index contributed by atoms with van der Waals surface area (Å²) in [4.78, 5) is 16.4.